The maximum Gasteiger partial charge on any atom is 0.404 e. The number of halogens is 4. The standard InChI is InChI=1S/C24H28F4N6O3S2/c1-4-17-14(3)38-22(18-5-6-30-23(33-18)32-16-8-15(25)9-29-10-16)21(17)37-19-11-31-20(7-13(19)2)34-39(35,36)12-24(26,27)28/h5-7,11,15-16,29H,4,8-10,12H2,1-3H3,(H,31,34)(H,30,32,33)/t15-,16-/m0/s1. The Hall–Kier alpha value is -3.04. The van der Waals surface area contributed by atoms with Gasteiger partial charge in [-0.25, -0.2) is 27.8 Å². The van der Waals surface area contributed by atoms with Gasteiger partial charge in [0.15, 0.2) is 11.5 Å². The number of nitrogens with zero attached hydrogens (tertiary/aromatic N) is 3. The van der Waals surface area contributed by atoms with Gasteiger partial charge in [-0.05, 0) is 38.0 Å². The van der Waals surface area contributed by atoms with Crippen molar-refractivity contribution in [3.8, 4) is 22.1 Å². The summed E-state index contributed by atoms with van der Waals surface area (Å²) >= 11 is 1.48. The molecule has 39 heavy (non-hydrogen) atoms. The van der Waals surface area contributed by atoms with Crippen molar-refractivity contribution in [2.45, 2.75) is 52.0 Å². The number of anilines is 2. The maximum absolute atomic E-state index is 13.8. The summed E-state index contributed by atoms with van der Waals surface area (Å²) in [6.07, 6.45) is -1.97. The minimum absolute atomic E-state index is 0.156. The molecule has 4 heterocycles. The van der Waals surface area contributed by atoms with Gasteiger partial charge in [-0.1, -0.05) is 6.92 Å². The van der Waals surface area contributed by atoms with Crippen LogP contribution in [-0.4, -0.2) is 60.6 Å². The highest BCUT2D eigenvalue weighted by Gasteiger charge is 2.35. The van der Waals surface area contributed by atoms with Crippen molar-refractivity contribution in [2.24, 2.45) is 0 Å². The normalized spacial score (nSPS) is 18.1. The number of rotatable bonds is 9. The predicted octanol–water partition coefficient (Wildman–Crippen LogP) is 4.99. The predicted molar refractivity (Wildman–Crippen MR) is 142 cm³/mol. The maximum atomic E-state index is 13.8. The molecular weight excluding hydrogens is 560 g/mol. The Bertz CT molecular complexity index is 1430. The lowest BCUT2D eigenvalue weighted by molar-refractivity contribution is -0.106. The summed E-state index contributed by atoms with van der Waals surface area (Å²) in [6, 6.07) is 2.89. The lowest BCUT2D eigenvalue weighted by atomic mass is 10.1. The van der Waals surface area contributed by atoms with Crippen molar-refractivity contribution >= 4 is 33.1 Å². The van der Waals surface area contributed by atoms with Gasteiger partial charge in [0.1, 0.15) is 17.7 Å². The average Bonchev–Trinajstić information content (AvgIpc) is 3.14. The third-order valence-corrected chi connectivity index (χ3v) is 8.30. The Balaban J connectivity index is 1.59. The summed E-state index contributed by atoms with van der Waals surface area (Å²) in [5.41, 5.74) is 1.99. The number of sulfonamides is 1. The smallest absolute Gasteiger partial charge is 0.404 e. The third kappa shape index (κ3) is 7.54. The number of pyridine rings is 1. The van der Waals surface area contributed by atoms with Gasteiger partial charge < -0.3 is 15.4 Å². The molecule has 1 aliphatic heterocycles. The zero-order chi connectivity index (χ0) is 28.4. The first-order valence-electron chi connectivity index (χ1n) is 12.1. The number of ether oxygens (including phenoxy) is 1. The van der Waals surface area contributed by atoms with Crippen LogP contribution in [0, 0.1) is 13.8 Å². The molecule has 1 aliphatic rings. The molecule has 1 fully saturated rings. The third-order valence-electron chi connectivity index (χ3n) is 5.92. The summed E-state index contributed by atoms with van der Waals surface area (Å²) in [5, 5.41) is 6.21. The highest BCUT2D eigenvalue weighted by Crippen LogP contribution is 2.44. The van der Waals surface area contributed by atoms with E-state index in [1.807, 2.05) is 18.6 Å². The Kier molecular flexibility index (Phi) is 8.61. The fourth-order valence-electron chi connectivity index (χ4n) is 4.21. The van der Waals surface area contributed by atoms with Crippen molar-refractivity contribution < 1.29 is 30.7 Å². The van der Waals surface area contributed by atoms with Gasteiger partial charge in [-0.2, -0.15) is 13.2 Å². The van der Waals surface area contributed by atoms with E-state index >= 15 is 0 Å². The van der Waals surface area contributed by atoms with Gasteiger partial charge in [-0.3, -0.25) is 4.72 Å². The van der Waals surface area contributed by atoms with Crippen LogP contribution in [0.15, 0.2) is 24.5 Å². The largest absolute Gasteiger partial charge is 0.454 e. The van der Waals surface area contributed by atoms with Crippen LogP contribution in [0.4, 0.5) is 29.3 Å². The number of alkyl halides is 4. The number of aromatic nitrogens is 3. The molecule has 3 N–H and O–H groups in total. The van der Waals surface area contributed by atoms with Crippen molar-refractivity contribution in [1.29, 1.82) is 0 Å². The summed E-state index contributed by atoms with van der Waals surface area (Å²) in [4.78, 5) is 14.6. The van der Waals surface area contributed by atoms with Gasteiger partial charge in [0.25, 0.3) is 0 Å². The molecule has 0 amide bonds. The van der Waals surface area contributed by atoms with E-state index in [1.54, 1.807) is 19.2 Å². The Morgan fingerprint density at radius 3 is 2.67 bits per heavy atom. The Morgan fingerprint density at radius 2 is 2.00 bits per heavy atom. The van der Waals surface area contributed by atoms with Crippen LogP contribution in [0.2, 0.25) is 0 Å². The quantitative estimate of drug-likeness (QED) is 0.300. The second-order valence-electron chi connectivity index (χ2n) is 9.16. The summed E-state index contributed by atoms with van der Waals surface area (Å²) in [6.45, 7) is 6.48. The zero-order valence-corrected chi connectivity index (χ0v) is 23.0. The highest BCUT2D eigenvalue weighted by molar-refractivity contribution is 7.92. The van der Waals surface area contributed by atoms with E-state index in [4.69, 9.17) is 4.74 Å². The first-order valence-corrected chi connectivity index (χ1v) is 14.6. The lowest BCUT2D eigenvalue weighted by Gasteiger charge is -2.26. The topological polar surface area (TPSA) is 118 Å². The Labute approximate surface area is 227 Å². The second-order valence-corrected chi connectivity index (χ2v) is 12.1. The van der Waals surface area contributed by atoms with Gasteiger partial charge in [0.05, 0.1) is 16.8 Å². The van der Waals surface area contributed by atoms with E-state index < -0.39 is 28.1 Å². The molecule has 15 heteroatoms. The van der Waals surface area contributed by atoms with Crippen LogP contribution in [-0.2, 0) is 16.4 Å². The SMILES string of the molecule is CCc1c(C)sc(-c2ccnc(N[C@@H]3CNC[C@@H](F)C3)n2)c1Oc1cnc(NS(=O)(=O)CC(F)(F)F)cc1C. The number of hydrogen-bond acceptors (Lipinski definition) is 9. The molecule has 3 aromatic heterocycles. The lowest BCUT2D eigenvalue weighted by Crippen LogP contribution is -2.44. The van der Waals surface area contributed by atoms with Crippen LogP contribution in [0.3, 0.4) is 0 Å². The molecule has 3 aromatic rings. The van der Waals surface area contributed by atoms with E-state index in [-0.39, 0.29) is 11.9 Å². The van der Waals surface area contributed by atoms with Gasteiger partial charge in [-0.15, -0.1) is 11.3 Å². The van der Waals surface area contributed by atoms with Gasteiger partial charge >= 0.3 is 6.18 Å². The van der Waals surface area contributed by atoms with Crippen LogP contribution in [0.5, 0.6) is 11.5 Å². The fraction of sp³-hybridized carbons (Fsp3) is 0.458. The van der Waals surface area contributed by atoms with E-state index in [0.29, 0.717) is 54.6 Å². The summed E-state index contributed by atoms with van der Waals surface area (Å²) in [5.74, 6) is -1.06. The molecule has 0 radical (unpaired) electrons. The minimum atomic E-state index is -4.88. The monoisotopic (exact) mass is 588 g/mol. The Morgan fingerprint density at radius 1 is 1.23 bits per heavy atom. The number of aryl methyl sites for hydroxylation is 2. The van der Waals surface area contributed by atoms with Crippen molar-refractivity contribution in [1.82, 2.24) is 20.3 Å². The van der Waals surface area contributed by atoms with E-state index in [0.717, 1.165) is 15.3 Å². The number of piperidine rings is 1. The van der Waals surface area contributed by atoms with Crippen molar-refractivity contribution in [2.75, 3.05) is 28.9 Å². The van der Waals surface area contributed by atoms with Crippen LogP contribution in [0.25, 0.3) is 10.6 Å². The minimum Gasteiger partial charge on any atom is -0.454 e. The number of nitrogens with one attached hydrogen (secondary N) is 3. The average molecular weight is 589 g/mol. The number of thiophene rings is 1. The number of hydrogen-bond donors (Lipinski definition) is 3. The van der Waals surface area contributed by atoms with E-state index in [2.05, 4.69) is 25.6 Å². The molecule has 0 spiro atoms. The molecular formula is C24H28F4N6O3S2. The van der Waals surface area contributed by atoms with E-state index in [9.17, 15) is 26.0 Å². The molecule has 0 aromatic carbocycles. The van der Waals surface area contributed by atoms with Crippen LogP contribution in [0.1, 0.15) is 29.3 Å². The highest BCUT2D eigenvalue weighted by atomic mass is 32.2. The van der Waals surface area contributed by atoms with Gasteiger partial charge in [0.2, 0.25) is 16.0 Å². The molecule has 1 saturated heterocycles. The fourth-order valence-corrected chi connectivity index (χ4v) is 6.28. The molecule has 2 atom stereocenters. The molecule has 0 saturated carbocycles. The molecule has 9 nitrogen and oxygen atoms in total. The van der Waals surface area contributed by atoms with Crippen LogP contribution >= 0.6 is 11.3 Å². The molecule has 0 unspecified atom stereocenters. The van der Waals surface area contributed by atoms with Crippen LogP contribution < -0.4 is 20.1 Å². The summed E-state index contributed by atoms with van der Waals surface area (Å²) in [7, 11) is -4.67. The van der Waals surface area contributed by atoms with Crippen molar-refractivity contribution in [3.63, 3.8) is 0 Å². The summed E-state index contributed by atoms with van der Waals surface area (Å²) < 4.78 is 83.2. The van der Waals surface area contributed by atoms with E-state index in [1.165, 1.54) is 23.6 Å². The molecule has 212 valence electrons. The zero-order valence-electron chi connectivity index (χ0n) is 21.4. The molecule has 0 aliphatic carbocycles. The first-order chi connectivity index (χ1) is 18.3. The van der Waals surface area contributed by atoms with Crippen molar-refractivity contribution in [3.05, 3.63) is 40.5 Å². The molecule has 0 bridgehead atoms. The second kappa shape index (κ2) is 11.6. The molecule has 4 rings (SSSR count). The first kappa shape index (κ1) is 29.0. The van der Waals surface area contributed by atoms with Gasteiger partial charge in [0, 0.05) is 42.2 Å².